The van der Waals surface area contributed by atoms with Crippen molar-refractivity contribution in [1.29, 1.82) is 0 Å². The van der Waals surface area contributed by atoms with Gasteiger partial charge in [-0.1, -0.05) is 29.8 Å². The normalized spacial score (nSPS) is 16.1. The number of ether oxygens (including phenoxy) is 1. The number of carbonyl (C=O) groups is 1. The first-order valence-corrected chi connectivity index (χ1v) is 8.25. The van der Waals surface area contributed by atoms with E-state index in [2.05, 4.69) is 5.32 Å². The van der Waals surface area contributed by atoms with Crippen molar-refractivity contribution in [3.8, 4) is 5.75 Å². The van der Waals surface area contributed by atoms with Gasteiger partial charge in [-0.3, -0.25) is 4.79 Å². The number of carbonyl (C=O) groups excluding carboxylic acids is 1. The fraction of sp³-hybridized carbons (Fsp3) is 0.158. The topological polar surface area (TPSA) is 68.5 Å². The third kappa shape index (κ3) is 2.98. The Labute approximate surface area is 148 Å². The summed E-state index contributed by atoms with van der Waals surface area (Å²) in [6.45, 7) is 0.478. The zero-order chi connectivity index (χ0) is 17.4. The third-order valence-corrected chi connectivity index (χ3v) is 4.44. The number of hydrogen-bond donors (Lipinski definition) is 1. The Hall–Kier alpha value is -2.79. The highest BCUT2D eigenvalue weighted by molar-refractivity contribution is 6.30. The van der Waals surface area contributed by atoms with E-state index in [0.29, 0.717) is 34.8 Å². The predicted molar refractivity (Wildman–Crippen MR) is 94.3 cm³/mol. The lowest BCUT2D eigenvalue weighted by Gasteiger charge is -2.26. The molecule has 4 rings (SSSR count). The molecule has 1 N–H and O–H groups in total. The number of rotatable bonds is 2. The molecular formula is C19H14ClNO4. The van der Waals surface area contributed by atoms with Gasteiger partial charge in [0.25, 0.3) is 5.91 Å². The molecule has 0 aliphatic carbocycles. The molecule has 126 valence electrons. The monoisotopic (exact) mass is 355 g/mol. The standard InChI is InChI=1S/C19H14ClNO4/c20-12-5-6-17-13(10-12)15(7-8-24-17)21-18(22)14-9-11-3-1-2-4-16(11)25-19(14)23/h1-6,9-10,15H,7-8H2,(H,21,22). The second-order valence-corrected chi connectivity index (χ2v) is 6.27. The van der Waals surface area contributed by atoms with Crippen molar-refractivity contribution in [3.05, 3.63) is 75.1 Å². The molecule has 6 heteroatoms. The number of amides is 1. The van der Waals surface area contributed by atoms with Crippen molar-refractivity contribution < 1.29 is 13.9 Å². The number of nitrogens with one attached hydrogen (secondary N) is 1. The van der Waals surface area contributed by atoms with Gasteiger partial charge >= 0.3 is 5.63 Å². The number of benzene rings is 2. The van der Waals surface area contributed by atoms with Crippen LogP contribution in [0.15, 0.2) is 57.7 Å². The van der Waals surface area contributed by atoms with E-state index in [1.807, 2.05) is 6.07 Å². The average molecular weight is 356 g/mol. The summed E-state index contributed by atoms with van der Waals surface area (Å²) in [6.07, 6.45) is 0.595. The summed E-state index contributed by atoms with van der Waals surface area (Å²) in [5.41, 5.74) is 0.577. The van der Waals surface area contributed by atoms with Crippen LogP contribution < -0.4 is 15.7 Å². The van der Waals surface area contributed by atoms with Crippen molar-refractivity contribution in [3.63, 3.8) is 0 Å². The van der Waals surface area contributed by atoms with Crippen molar-refractivity contribution in [2.24, 2.45) is 0 Å². The third-order valence-electron chi connectivity index (χ3n) is 4.20. The summed E-state index contributed by atoms with van der Waals surface area (Å²) >= 11 is 6.05. The first-order chi connectivity index (χ1) is 12.1. The van der Waals surface area contributed by atoms with Crippen LogP contribution in [-0.4, -0.2) is 12.5 Å². The van der Waals surface area contributed by atoms with Gasteiger partial charge in [-0.2, -0.15) is 0 Å². The maximum absolute atomic E-state index is 12.6. The lowest BCUT2D eigenvalue weighted by Crippen LogP contribution is -2.34. The summed E-state index contributed by atoms with van der Waals surface area (Å²) in [4.78, 5) is 24.8. The zero-order valence-corrected chi connectivity index (χ0v) is 13.9. The minimum Gasteiger partial charge on any atom is -0.493 e. The number of halogens is 1. The van der Waals surface area contributed by atoms with E-state index in [0.717, 1.165) is 5.56 Å². The lowest BCUT2D eigenvalue weighted by molar-refractivity contribution is 0.0921. The van der Waals surface area contributed by atoms with Crippen LogP contribution in [0, 0.1) is 0 Å². The Kier molecular flexibility index (Phi) is 3.93. The first kappa shape index (κ1) is 15.7. The van der Waals surface area contributed by atoms with Crippen LogP contribution >= 0.6 is 11.6 Å². The highest BCUT2D eigenvalue weighted by Crippen LogP contribution is 2.34. The van der Waals surface area contributed by atoms with Gasteiger partial charge in [-0.05, 0) is 30.3 Å². The first-order valence-electron chi connectivity index (χ1n) is 7.88. The molecule has 1 unspecified atom stereocenters. The zero-order valence-electron chi connectivity index (χ0n) is 13.1. The quantitative estimate of drug-likeness (QED) is 0.712. The van der Waals surface area contributed by atoms with E-state index < -0.39 is 11.5 Å². The lowest BCUT2D eigenvalue weighted by atomic mass is 10.00. The molecule has 1 aliphatic rings. The molecule has 1 amide bonds. The Morgan fingerprint density at radius 1 is 1.16 bits per heavy atom. The van der Waals surface area contributed by atoms with Crippen molar-refractivity contribution >= 4 is 28.5 Å². The molecule has 0 bridgehead atoms. The van der Waals surface area contributed by atoms with Crippen LogP contribution in [0.2, 0.25) is 5.02 Å². The average Bonchev–Trinajstić information content (AvgIpc) is 2.61. The van der Waals surface area contributed by atoms with Crippen LogP contribution in [0.5, 0.6) is 5.75 Å². The van der Waals surface area contributed by atoms with Gasteiger partial charge in [0.05, 0.1) is 12.6 Å². The Morgan fingerprint density at radius 2 is 2.00 bits per heavy atom. The predicted octanol–water partition coefficient (Wildman–Crippen LogP) is 3.70. The van der Waals surface area contributed by atoms with E-state index in [9.17, 15) is 9.59 Å². The SMILES string of the molecule is O=C(NC1CCOc2ccc(Cl)cc21)c1cc2ccccc2oc1=O. The second kappa shape index (κ2) is 6.26. The Balaban J connectivity index is 1.67. The minimum atomic E-state index is -0.658. The smallest absolute Gasteiger partial charge is 0.349 e. The number of para-hydroxylation sites is 1. The maximum Gasteiger partial charge on any atom is 0.349 e. The largest absolute Gasteiger partial charge is 0.493 e. The van der Waals surface area contributed by atoms with Gasteiger partial charge < -0.3 is 14.5 Å². The van der Waals surface area contributed by atoms with Crippen molar-refractivity contribution in [2.75, 3.05) is 6.61 Å². The molecule has 2 heterocycles. The highest BCUT2D eigenvalue weighted by Gasteiger charge is 2.25. The summed E-state index contributed by atoms with van der Waals surface area (Å²) < 4.78 is 10.8. The fourth-order valence-electron chi connectivity index (χ4n) is 2.97. The molecule has 0 spiro atoms. The Morgan fingerprint density at radius 3 is 2.88 bits per heavy atom. The molecule has 1 atom stereocenters. The van der Waals surface area contributed by atoms with E-state index >= 15 is 0 Å². The molecule has 0 saturated heterocycles. The molecule has 1 aliphatic heterocycles. The molecule has 1 aromatic heterocycles. The van der Waals surface area contributed by atoms with Gasteiger partial charge in [0.15, 0.2) is 0 Å². The van der Waals surface area contributed by atoms with Gasteiger partial charge in [-0.25, -0.2) is 4.79 Å². The molecule has 0 saturated carbocycles. The molecule has 2 aromatic carbocycles. The number of fused-ring (bicyclic) bond motifs is 2. The summed E-state index contributed by atoms with van der Waals surface area (Å²) in [7, 11) is 0. The maximum atomic E-state index is 12.6. The van der Waals surface area contributed by atoms with Gasteiger partial charge in [-0.15, -0.1) is 0 Å². The van der Waals surface area contributed by atoms with Crippen LogP contribution in [-0.2, 0) is 0 Å². The van der Waals surface area contributed by atoms with Gasteiger partial charge in [0.2, 0.25) is 0 Å². The number of hydrogen-bond acceptors (Lipinski definition) is 4. The second-order valence-electron chi connectivity index (χ2n) is 5.83. The van der Waals surface area contributed by atoms with E-state index in [1.54, 1.807) is 42.5 Å². The van der Waals surface area contributed by atoms with Crippen LogP contribution in [0.25, 0.3) is 11.0 Å². The molecule has 3 aromatic rings. The summed E-state index contributed by atoms with van der Waals surface area (Å²) in [5, 5.41) is 4.15. The molecule has 5 nitrogen and oxygen atoms in total. The van der Waals surface area contributed by atoms with Gasteiger partial charge in [0, 0.05) is 22.4 Å². The molecule has 25 heavy (non-hydrogen) atoms. The van der Waals surface area contributed by atoms with E-state index in [4.69, 9.17) is 20.8 Å². The Bertz CT molecular complexity index is 1030. The van der Waals surface area contributed by atoms with Crippen LogP contribution in [0.1, 0.15) is 28.4 Å². The molecule has 0 radical (unpaired) electrons. The fourth-order valence-corrected chi connectivity index (χ4v) is 3.15. The highest BCUT2D eigenvalue weighted by atomic mass is 35.5. The summed E-state index contributed by atoms with van der Waals surface area (Å²) in [6, 6.07) is 13.6. The van der Waals surface area contributed by atoms with Crippen LogP contribution in [0.3, 0.4) is 0 Å². The molecular weight excluding hydrogens is 342 g/mol. The minimum absolute atomic E-state index is 0.0197. The van der Waals surface area contributed by atoms with Crippen molar-refractivity contribution in [1.82, 2.24) is 5.32 Å². The van der Waals surface area contributed by atoms with Crippen molar-refractivity contribution in [2.45, 2.75) is 12.5 Å². The van der Waals surface area contributed by atoms with E-state index in [1.165, 1.54) is 0 Å². The molecule has 0 fully saturated rings. The summed E-state index contributed by atoms with van der Waals surface area (Å²) in [5.74, 6) is 0.212. The van der Waals surface area contributed by atoms with Gasteiger partial charge in [0.1, 0.15) is 16.9 Å². The van der Waals surface area contributed by atoms with Crippen LogP contribution in [0.4, 0.5) is 0 Å². The van der Waals surface area contributed by atoms with E-state index in [-0.39, 0.29) is 11.6 Å².